The van der Waals surface area contributed by atoms with Gasteiger partial charge in [-0.1, -0.05) is 12.1 Å². The molecule has 0 saturated carbocycles. The van der Waals surface area contributed by atoms with Crippen molar-refractivity contribution >= 4 is 5.91 Å². The van der Waals surface area contributed by atoms with Gasteiger partial charge in [-0.2, -0.15) is 13.2 Å². The third-order valence-electron chi connectivity index (χ3n) is 3.58. The molecule has 0 spiro atoms. The molecule has 1 heterocycles. The number of aromatic nitrogens is 2. The number of carbonyl (C=O) groups excluding carboxylic acids is 1. The monoisotopic (exact) mass is 327 g/mol. The molecule has 1 atom stereocenters. The average Bonchev–Trinajstić information content (AvgIpc) is 2.92. The van der Waals surface area contributed by atoms with E-state index in [0.29, 0.717) is 0 Å². The summed E-state index contributed by atoms with van der Waals surface area (Å²) in [5.41, 5.74) is -1.81. The molecule has 0 unspecified atom stereocenters. The summed E-state index contributed by atoms with van der Waals surface area (Å²) in [4.78, 5) is 16.1. The van der Waals surface area contributed by atoms with Crippen LogP contribution >= 0.6 is 0 Å². The highest BCUT2D eigenvalue weighted by atomic mass is 19.4. The van der Waals surface area contributed by atoms with E-state index >= 15 is 0 Å². The van der Waals surface area contributed by atoms with Crippen LogP contribution in [0, 0.1) is 0 Å². The van der Waals surface area contributed by atoms with Crippen LogP contribution < -0.4 is 5.32 Å². The Balaban J connectivity index is 2.34. The van der Waals surface area contributed by atoms with Gasteiger partial charge < -0.3 is 15.0 Å². The number of rotatable bonds is 4. The van der Waals surface area contributed by atoms with Crippen molar-refractivity contribution in [2.45, 2.75) is 18.6 Å². The molecule has 2 aromatic rings. The number of alkyl halides is 3. The van der Waals surface area contributed by atoms with Gasteiger partial charge in [0.2, 0.25) is 0 Å². The lowest BCUT2D eigenvalue weighted by Crippen LogP contribution is -2.46. The van der Waals surface area contributed by atoms with Gasteiger partial charge >= 0.3 is 6.18 Å². The fraction of sp³-hybridized carbons (Fsp3) is 0.333. The van der Waals surface area contributed by atoms with Crippen molar-refractivity contribution in [1.82, 2.24) is 14.9 Å². The van der Waals surface area contributed by atoms with E-state index in [1.807, 2.05) is 0 Å². The Hall–Kier alpha value is -2.35. The normalized spacial score (nSPS) is 14.3. The molecule has 0 saturated heterocycles. The molecule has 124 valence electrons. The molecule has 1 aromatic carbocycles. The second-order valence-electron chi connectivity index (χ2n) is 5.41. The van der Waals surface area contributed by atoms with E-state index in [1.54, 1.807) is 7.05 Å². The zero-order chi connectivity index (χ0) is 17.3. The minimum Gasteiger partial charge on any atom is -0.394 e. The first-order chi connectivity index (χ1) is 10.7. The number of nitrogens with zero attached hydrogens (tertiary/aromatic N) is 2. The molecule has 0 aliphatic rings. The van der Waals surface area contributed by atoms with Gasteiger partial charge in [0.05, 0.1) is 30.2 Å². The largest absolute Gasteiger partial charge is 0.416 e. The van der Waals surface area contributed by atoms with Crippen molar-refractivity contribution in [3.8, 4) is 0 Å². The summed E-state index contributed by atoms with van der Waals surface area (Å²) in [6.07, 6.45) is -1.74. The molecule has 8 heteroatoms. The molecule has 0 aliphatic heterocycles. The molecule has 1 amide bonds. The number of carbonyl (C=O) groups is 1. The van der Waals surface area contributed by atoms with Crippen LogP contribution in [0.4, 0.5) is 13.2 Å². The van der Waals surface area contributed by atoms with Gasteiger partial charge in [0, 0.05) is 7.05 Å². The molecule has 23 heavy (non-hydrogen) atoms. The van der Waals surface area contributed by atoms with Gasteiger partial charge in [-0.15, -0.1) is 0 Å². The van der Waals surface area contributed by atoms with E-state index < -0.39 is 29.8 Å². The van der Waals surface area contributed by atoms with Crippen molar-refractivity contribution in [1.29, 1.82) is 0 Å². The lowest BCUT2D eigenvalue weighted by atomic mass is 9.91. The molecule has 0 bridgehead atoms. The zero-order valence-electron chi connectivity index (χ0n) is 12.6. The highest BCUT2D eigenvalue weighted by molar-refractivity contribution is 5.93. The lowest BCUT2D eigenvalue weighted by molar-refractivity contribution is -0.137. The van der Waals surface area contributed by atoms with Gasteiger partial charge in [-0.3, -0.25) is 4.79 Å². The standard InChI is InChI=1S/C15H16F3N3O2/c1-14(8-22,20-13(23)12-7-19-9-21(12)2)10-4-3-5-11(6-10)15(16,17)18/h3-7,9,22H,8H2,1-2H3,(H,20,23)/t14-/m0/s1. The van der Waals surface area contributed by atoms with Crippen molar-refractivity contribution in [2.24, 2.45) is 7.05 Å². The minimum atomic E-state index is -4.50. The highest BCUT2D eigenvalue weighted by Gasteiger charge is 2.34. The number of aliphatic hydroxyl groups excluding tert-OH is 1. The number of halogens is 3. The maximum Gasteiger partial charge on any atom is 0.416 e. The van der Waals surface area contributed by atoms with Crippen molar-refractivity contribution < 1.29 is 23.1 Å². The Kier molecular flexibility index (Phi) is 4.46. The summed E-state index contributed by atoms with van der Waals surface area (Å²) in [5.74, 6) is -0.543. The quantitative estimate of drug-likeness (QED) is 0.903. The van der Waals surface area contributed by atoms with Crippen molar-refractivity contribution in [2.75, 3.05) is 6.61 Å². The first-order valence-electron chi connectivity index (χ1n) is 6.75. The number of benzene rings is 1. The van der Waals surface area contributed by atoms with Crippen LogP contribution in [0.2, 0.25) is 0 Å². The van der Waals surface area contributed by atoms with Crippen LogP contribution in [0.1, 0.15) is 28.5 Å². The summed E-state index contributed by atoms with van der Waals surface area (Å²) in [6.45, 7) is 0.897. The Morgan fingerprint density at radius 2 is 2.00 bits per heavy atom. The second kappa shape index (κ2) is 6.04. The van der Waals surface area contributed by atoms with Crippen LogP contribution in [-0.2, 0) is 18.8 Å². The van der Waals surface area contributed by atoms with Gasteiger partial charge in [0.25, 0.3) is 5.91 Å². The van der Waals surface area contributed by atoms with Crippen LogP contribution in [-0.4, -0.2) is 27.2 Å². The number of aryl methyl sites for hydroxylation is 1. The van der Waals surface area contributed by atoms with Crippen LogP contribution in [0.5, 0.6) is 0 Å². The number of hydrogen-bond acceptors (Lipinski definition) is 3. The van der Waals surface area contributed by atoms with Crippen LogP contribution in [0.15, 0.2) is 36.8 Å². The molecular weight excluding hydrogens is 311 g/mol. The SMILES string of the molecule is Cn1cncc1C(=O)N[C@@](C)(CO)c1cccc(C(F)(F)F)c1. The number of aliphatic hydroxyl groups is 1. The van der Waals surface area contributed by atoms with Gasteiger partial charge in [0.15, 0.2) is 0 Å². The molecule has 5 nitrogen and oxygen atoms in total. The Morgan fingerprint density at radius 1 is 1.35 bits per heavy atom. The van der Waals surface area contributed by atoms with Crippen molar-refractivity contribution in [3.63, 3.8) is 0 Å². The number of amides is 1. The lowest BCUT2D eigenvalue weighted by Gasteiger charge is -2.30. The number of hydrogen-bond donors (Lipinski definition) is 2. The highest BCUT2D eigenvalue weighted by Crippen LogP contribution is 2.32. The smallest absolute Gasteiger partial charge is 0.394 e. The Labute approximate surface area is 130 Å². The topological polar surface area (TPSA) is 67.2 Å². The molecular formula is C15H16F3N3O2. The summed E-state index contributed by atoms with van der Waals surface area (Å²) in [6, 6.07) is 4.52. The second-order valence-corrected chi connectivity index (χ2v) is 5.41. The molecule has 2 rings (SSSR count). The molecule has 0 aliphatic carbocycles. The first kappa shape index (κ1) is 17.0. The van der Waals surface area contributed by atoms with Crippen LogP contribution in [0.25, 0.3) is 0 Å². The fourth-order valence-electron chi connectivity index (χ4n) is 2.13. The Bertz CT molecular complexity index is 712. The van der Waals surface area contributed by atoms with E-state index in [0.717, 1.165) is 12.1 Å². The predicted octanol–water partition coefficient (Wildman–Crippen LogP) is 2.08. The van der Waals surface area contributed by atoms with E-state index in [4.69, 9.17) is 0 Å². The third kappa shape index (κ3) is 3.53. The number of nitrogens with one attached hydrogen (secondary N) is 1. The summed E-state index contributed by atoms with van der Waals surface area (Å²) in [5, 5.41) is 12.2. The first-order valence-corrected chi connectivity index (χ1v) is 6.75. The maximum atomic E-state index is 12.8. The maximum absolute atomic E-state index is 12.8. The predicted molar refractivity (Wildman–Crippen MR) is 76.6 cm³/mol. The molecule has 0 fully saturated rings. The van der Waals surface area contributed by atoms with E-state index in [-0.39, 0.29) is 11.3 Å². The number of imidazole rings is 1. The van der Waals surface area contributed by atoms with Crippen molar-refractivity contribution in [3.05, 3.63) is 53.6 Å². The summed E-state index contributed by atoms with van der Waals surface area (Å²) >= 11 is 0. The summed E-state index contributed by atoms with van der Waals surface area (Å²) < 4.78 is 40.0. The zero-order valence-corrected chi connectivity index (χ0v) is 12.6. The molecule has 0 radical (unpaired) electrons. The van der Waals surface area contributed by atoms with Gasteiger partial charge in [-0.25, -0.2) is 4.98 Å². The van der Waals surface area contributed by atoms with Gasteiger partial charge in [0.1, 0.15) is 5.69 Å². The average molecular weight is 327 g/mol. The summed E-state index contributed by atoms with van der Waals surface area (Å²) in [7, 11) is 1.61. The molecule has 2 N–H and O–H groups in total. The fourth-order valence-corrected chi connectivity index (χ4v) is 2.13. The molecule has 1 aromatic heterocycles. The third-order valence-corrected chi connectivity index (χ3v) is 3.58. The minimum absolute atomic E-state index is 0.158. The van der Waals surface area contributed by atoms with E-state index in [2.05, 4.69) is 10.3 Å². The van der Waals surface area contributed by atoms with E-state index in [1.165, 1.54) is 36.1 Å². The van der Waals surface area contributed by atoms with Gasteiger partial charge in [-0.05, 0) is 24.6 Å². The van der Waals surface area contributed by atoms with Crippen LogP contribution in [0.3, 0.4) is 0 Å². The van der Waals surface area contributed by atoms with E-state index in [9.17, 15) is 23.1 Å². The Morgan fingerprint density at radius 3 is 2.52 bits per heavy atom.